The molecule has 1 atom stereocenters. The largest absolute Gasteiger partial charge is 0.300 e. The monoisotopic (exact) mass is 275 g/mol. The first-order chi connectivity index (χ1) is 7.27. The zero-order valence-corrected chi connectivity index (χ0v) is 11.9. The van der Waals surface area contributed by atoms with E-state index in [1.165, 1.54) is 51.6 Å². The molecule has 0 heterocycles. The van der Waals surface area contributed by atoms with Crippen molar-refractivity contribution in [2.24, 2.45) is 5.92 Å². The lowest BCUT2D eigenvalue weighted by atomic mass is 9.90. The van der Waals surface area contributed by atoms with Gasteiger partial charge in [0.1, 0.15) is 0 Å². The van der Waals surface area contributed by atoms with Gasteiger partial charge < -0.3 is 4.90 Å². The number of alkyl halides is 1. The summed E-state index contributed by atoms with van der Waals surface area (Å²) in [6, 6.07) is 0.920. The van der Waals surface area contributed by atoms with E-state index >= 15 is 0 Å². The molecule has 1 saturated carbocycles. The molecule has 1 aliphatic rings. The fourth-order valence-corrected chi connectivity index (χ4v) is 2.67. The van der Waals surface area contributed by atoms with E-state index in [1.807, 2.05) is 0 Å². The van der Waals surface area contributed by atoms with Crippen LogP contribution in [-0.2, 0) is 0 Å². The fraction of sp³-hybridized carbons (Fsp3) is 1.00. The second kappa shape index (κ2) is 7.67. The van der Waals surface area contributed by atoms with Crippen molar-refractivity contribution in [3.05, 3.63) is 0 Å². The van der Waals surface area contributed by atoms with Gasteiger partial charge in [-0.05, 0) is 38.1 Å². The van der Waals surface area contributed by atoms with Gasteiger partial charge in [0.2, 0.25) is 0 Å². The highest BCUT2D eigenvalue weighted by atomic mass is 79.9. The summed E-state index contributed by atoms with van der Waals surface area (Å²) >= 11 is 3.54. The smallest absolute Gasteiger partial charge is 0.00953 e. The summed E-state index contributed by atoms with van der Waals surface area (Å²) in [7, 11) is 0. The third kappa shape index (κ3) is 4.86. The van der Waals surface area contributed by atoms with Crippen LogP contribution < -0.4 is 0 Å². The lowest BCUT2D eigenvalue weighted by molar-refractivity contribution is 0.109. The third-order valence-corrected chi connectivity index (χ3v) is 4.06. The molecule has 0 radical (unpaired) electrons. The van der Waals surface area contributed by atoms with Crippen molar-refractivity contribution >= 4 is 15.9 Å². The van der Waals surface area contributed by atoms with Gasteiger partial charge in [-0.25, -0.2) is 0 Å². The molecule has 1 unspecified atom stereocenters. The van der Waals surface area contributed by atoms with Gasteiger partial charge in [0.25, 0.3) is 0 Å². The first-order valence-corrected chi connectivity index (χ1v) is 7.70. The molecule has 0 bridgehead atoms. The van der Waals surface area contributed by atoms with Gasteiger partial charge in [0.05, 0.1) is 0 Å². The molecule has 0 aromatic carbocycles. The molecule has 1 nitrogen and oxygen atoms in total. The lowest BCUT2D eigenvalue weighted by Crippen LogP contribution is -2.43. The maximum absolute atomic E-state index is 3.54. The second-order valence-electron chi connectivity index (χ2n) is 5.02. The average molecular weight is 276 g/mol. The van der Waals surface area contributed by atoms with Crippen molar-refractivity contribution in [1.29, 1.82) is 0 Å². The summed E-state index contributed by atoms with van der Waals surface area (Å²) in [6.45, 7) is 7.32. The molecule has 0 aromatic rings. The summed E-state index contributed by atoms with van der Waals surface area (Å²) < 4.78 is 0. The van der Waals surface area contributed by atoms with Gasteiger partial charge in [0.15, 0.2) is 0 Å². The van der Waals surface area contributed by atoms with E-state index in [0.717, 1.165) is 17.3 Å². The molecule has 15 heavy (non-hydrogen) atoms. The molecule has 90 valence electrons. The predicted octanol–water partition coefficient (Wildman–Crippen LogP) is 4.06. The number of hydrogen-bond donors (Lipinski definition) is 0. The molecular formula is C13H26BrN. The molecule has 0 spiro atoms. The Morgan fingerprint density at radius 1 is 1.40 bits per heavy atom. The maximum Gasteiger partial charge on any atom is 0.00953 e. The van der Waals surface area contributed by atoms with Gasteiger partial charge in [0, 0.05) is 17.9 Å². The van der Waals surface area contributed by atoms with Crippen LogP contribution in [0.15, 0.2) is 0 Å². The molecule has 0 aliphatic heterocycles. The van der Waals surface area contributed by atoms with Crippen LogP contribution in [0.2, 0.25) is 0 Å². The number of nitrogens with zero attached hydrogens (tertiary/aromatic N) is 1. The van der Waals surface area contributed by atoms with E-state index in [9.17, 15) is 0 Å². The number of hydrogen-bond acceptors (Lipinski definition) is 1. The summed E-state index contributed by atoms with van der Waals surface area (Å²) in [6.07, 6.45) is 8.37. The molecule has 0 N–H and O–H groups in total. The van der Waals surface area contributed by atoms with Crippen molar-refractivity contribution in [3.8, 4) is 0 Å². The predicted molar refractivity (Wildman–Crippen MR) is 71.7 cm³/mol. The van der Waals surface area contributed by atoms with Crippen LogP contribution in [0.4, 0.5) is 0 Å². The van der Waals surface area contributed by atoms with E-state index in [-0.39, 0.29) is 0 Å². The minimum absolute atomic E-state index is 0.880. The molecular weight excluding hydrogens is 250 g/mol. The first kappa shape index (κ1) is 13.5. The Kier molecular flexibility index (Phi) is 6.91. The minimum Gasteiger partial charge on any atom is -0.300 e. The highest BCUT2D eigenvalue weighted by Gasteiger charge is 2.25. The average Bonchev–Trinajstić information content (AvgIpc) is 2.11. The Labute approximate surface area is 104 Å². The summed E-state index contributed by atoms with van der Waals surface area (Å²) in [5.74, 6) is 0.880. The molecule has 0 saturated heterocycles. The van der Waals surface area contributed by atoms with Gasteiger partial charge in [-0.2, -0.15) is 0 Å². The minimum atomic E-state index is 0.880. The van der Waals surface area contributed by atoms with Crippen LogP contribution >= 0.6 is 15.9 Å². The Balaban J connectivity index is 2.27. The van der Waals surface area contributed by atoms with Crippen molar-refractivity contribution in [2.75, 3.05) is 18.4 Å². The first-order valence-electron chi connectivity index (χ1n) is 6.58. The lowest BCUT2D eigenvalue weighted by Gasteiger charge is -2.39. The van der Waals surface area contributed by atoms with Crippen molar-refractivity contribution in [3.63, 3.8) is 0 Å². The topological polar surface area (TPSA) is 3.24 Å². The summed E-state index contributed by atoms with van der Waals surface area (Å²) in [5, 5.41) is 1.15. The van der Waals surface area contributed by atoms with Crippen LogP contribution in [0, 0.1) is 5.92 Å². The normalized spacial score (nSPS) is 19.2. The van der Waals surface area contributed by atoms with Gasteiger partial charge in [-0.3, -0.25) is 0 Å². The zero-order valence-electron chi connectivity index (χ0n) is 10.3. The highest BCUT2D eigenvalue weighted by molar-refractivity contribution is 9.09. The van der Waals surface area contributed by atoms with E-state index in [2.05, 4.69) is 34.7 Å². The van der Waals surface area contributed by atoms with E-state index < -0.39 is 0 Å². The third-order valence-electron chi connectivity index (χ3n) is 3.50. The van der Waals surface area contributed by atoms with Gasteiger partial charge in [-0.1, -0.05) is 42.6 Å². The maximum atomic E-state index is 3.54. The standard InChI is InChI=1S/C13H26BrN/c1-3-6-12(2)11-15(10-5-9-14)13-7-4-8-13/h12-13H,3-11H2,1-2H3. The number of rotatable bonds is 8. The van der Waals surface area contributed by atoms with Crippen LogP contribution in [0.5, 0.6) is 0 Å². The zero-order chi connectivity index (χ0) is 11.1. The van der Waals surface area contributed by atoms with Crippen LogP contribution in [0.1, 0.15) is 52.4 Å². The molecule has 0 amide bonds. The Bertz CT molecular complexity index is 157. The summed E-state index contributed by atoms with van der Waals surface area (Å²) in [4.78, 5) is 2.74. The quantitative estimate of drug-likeness (QED) is 0.604. The van der Waals surface area contributed by atoms with Crippen molar-refractivity contribution < 1.29 is 0 Å². The fourth-order valence-electron chi connectivity index (χ4n) is 2.42. The second-order valence-corrected chi connectivity index (χ2v) is 5.81. The van der Waals surface area contributed by atoms with Crippen LogP contribution in [-0.4, -0.2) is 29.4 Å². The summed E-state index contributed by atoms with van der Waals surface area (Å²) in [5.41, 5.74) is 0. The molecule has 1 fully saturated rings. The van der Waals surface area contributed by atoms with Crippen molar-refractivity contribution in [2.45, 2.75) is 58.4 Å². The van der Waals surface area contributed by atoms with Crippen molar-refractivity contribution in [1.82, 2.24) is 4.90 Å². The van der Waals surface area contributed by atoms with E-state index in [0.29, 0.717) is 0 Å². The van der Waals surface area contributed by atoms with Gasteiger partial charge in [-0.15, -0.1) is 0 Å². The van der Waals surface area contributed by atoms with E-state index in [1.54, 1.807) is 0 Å². The Hall–Kier alpha value is 0.440. The molecule has 1 rings (SSSR count). The number of halogens is 1. The Morgan fingerprint density at radius 2 is 2.13 bits per heavy atom. The van der Waals surface area contributed by atoms with Crippen LogP contribution in [0.25, 0.3) is 0 Å². The van der Waals surface area contributed by atoms with Gasteiger partial charge >= 0.3 is 0 Å². The SMILES string of the molecule is CCCC(C)CN(CCCBr)C1CCC1. The molecule has 0 aromatic heterocycles. The highest BCUT2D eigenvalue weighted by Crippen LogP contribution is 2.26. The molecule has 1 aliphatic carbocycles. The van der Waals surface area contributed by atoms with E-state index in [4.69, 9.17) is 0 Å². The molecule has 2 heteroatoms. The van der Waals surface area contributed by atoms with Crippen LogP contribution in [0.3, 0.4) is 0 Å². The Morgan fingerprint density at radius 3 is 2.60 bits per heavy atom.